The van der Waals surface area contributed by atoms with Crippen molar-refractivity contribution < 1.29 is 0 Å². The van der Waals surface area contributed by atoms with Crippen molar-refractivity contribution in [1.82, 2.24) is 9.97 Å². The molecule has 0 saturated heterocycles. The fraction of sp³-hybridized carbons (Fsp3) is 0.471. The van der Waals surface area contributed by atoms with Gasteiger partial charge in [-0.1, -0.05) is 52.0 Å². The maximum Gasteiger partial charge on any atom is 0.126 e. The lowest BCUT2D eigenvalue weighted by Crippen LogP contribution is -2.36. The smallest absolute Gasteiger partial charge is 0.126 e. The molecular formula is C17H25N3. The van der Waals surface area contributed by atoms with Gasteiger partial charge in [-0.15, -0.1) is 0 Å². The molecule has 2 aromatic rings. The number of nitrogens with two attached hydrogens (primary N) is 1. The zero-order valence-corrected chi connectivity index (χ0v) is 12.9. The second-order valence-corrected chi connectivity index (χ2v) is 5.79. The molecule has 1 heterocycles. The zero-order chi connectivity index (χ0) is 14.8. The molecule has 0 atom stereocenters. The van der Waals surface area contributed by atoms with Crippen molar-refractivity contribution in [1.29, 1.82) is 0 Å². The average molecular weight is 271 g/mol. The van der Waals surface area contributed by atoms with Gasteiger partial charge in [0.15, 0.2) is 0 Å². The van der Waals surface area contributed by atoms with E-state index in [4.69, 9.17) is 5.73 Å². The highest BCUT2D eigenvalue weighted by Gasteiger charge is 2.26. The van der Waals surface area contributed by atoms with E-state index in [0.717, 1.165) is 29.9 Å². The van der Waals surface area contributed by atoms with Crippen LogP contribution in [0.2, 0.25) is 0 Å². The number of H-pyrrole nitrogens is 1. The van der Waals surface area contributed by atoms with Crippen LogP contribution in [0.3, 0.4) is 0 Å². The standard InChI is InChI=1S/C17H25N3/c1-5-17(18,6-2)16-19-11-15(20-16)14-9-7-13(8-10-14)12(3)4/h7-12H,5-6,18H2,1-4H3,(H,19,20). The molecule has 0 aliphatic carbocycles. The molecule has 0 radical (unpaired) electrons. The normalized spacial score (nSPS) is 12.1. The van der Waals surface area contributed by atoms with Gasteiger partial charge in [-0.05, 0) is 29.9 Å². The highest BCUT2D eigenvalue weighted by atomic mass is 15.0. The molecule has 0 bridgehead atoms. The molecular weight excluding hydrogens is 246 g/mol. The topological polar surface area (TPSA) is 54.7 Å². The zero-order valence-electron chi connectivity index (χ0n) is 12.9. The molecule has 3 heteroatoms. The predicted molar refractivity (Wildman–Crippen MR) is 84.6 cm³/mol. The van der Waals surface area contributed by atoms with Gasteiger partial charge in [0.25, 0.3) is 0 Å². The number of hydrogen-bond acceptors (Lipinski definition) is 2. The molecule has 0 aliphatic heterocycles. The second-order valence-electron chi connectivity index (χ2n) is 5.79. The number of nitrogens with zero attached hydrogens (tertiary/aromatic N) is 1. The maximum atomic E-state index is 6.38. The molecule has 0 aliphatic rings. The lowest BCUT2D eigenvalue weighted by atomic mass is 9.93. The first kappa shape index (κ1) is 14.8. The monoisotopic (exact) mass is 271 g/mol. The molecule has 0 saturated carbocycles. The summed E-state index contributed by atoms with van der Waals surface area (Å²) in [7, 11) is 0. The molecule has 0 fully saturated rings. The first-order chi connectivity index (χ1) is 9.50. The van der Waals surface area contributed by atoms with Crippen LogP contribution in [0.5, 0.6) is 0 Å². The number of benzene rings is 1. The van der Waals surface area contributed by atoms with Crippen LogP contribution < -0.4 is 5.73 Å². The van der Waals surface area contributed by atoms with E-state index in [1.807, 2.05) is 6.20 Å². The Morgan fingerprint density at radius 3 is 2.25 bits per heavy atom. The number of nitrogens with one attached hydrogen (secondary N) is 1. The largest absolute Gasteiger partial charge is 0.340 e. The summed E-state index contributed by atoms with van der Waals surface area (Å²) in [5.41, 5.74) is 9.57. The molecule has 0 spiro atoms. The van der Waals surface area contributed by atoms with E-state index in [9.17, 15) is 0 Å². The summed E-state index contributed by atoms with van der Waals surface area (Å²) in [5, 5.41) is 0. The molecule has 0 unspecified atom stereocenters. The average Bonchev–Trinajstić information content (AvgIpc) is 2.97. The Kier molecular flexibility index (Phi) is 4.29. The van der Waals surface area contributed by atoms with Gasteiger partial charge in [0, 0.05) is 0 Å². The van der Waals surface area contributed by atoms with Crippen molar-refractivity contribution in [2.24, 2.45) is 5.73 Å². The molecule has 3 N–H and O–H groups in total. The van der Waals surface area contributed by atoms with Crippen LogP contribution in [0.15, 0.2) is 30.5 Å². The van der Waals surface area contributed by atoms with Crippen LogP contribution >= 0.6 is 0 Å². The van der Waals surface area contributed by atoms with E-state index in [-0.39, 0.29) is 5.54 Å². The SMILES string of the molecule is CCC(N)(CC)c1ncc(-c2ccc(C(C)C)cc2)[nH]1. The Balaban J connectivity index is 2.29. The molecule has 108 valence electrons. The third kappa shape index (κ3) is 2.78. The summed E-state index contributed by atoms with van der Waals surface area (Å²) >= 11 is 0. The van der Waals surface area contributed by atoms with Crippen molar-refractivity contribution in [3.8, 4) is 11.3 Å². The van der Waals surface area contributed by atoms with E-state index < -0.39 is 0 Å². The Bertz CT molecular complexity index is 548. The predicted octanol–water partition coefficient (Wildman–Crippen LogP) is 4.17. The summed E-state index contributed by atoms with van der Waals surface area (Å²) in [4.78, 5) is 7.87. The van der Waals surface area contributed by atoms with E-state index in [1.54, 1.807) is 0 Å². The fourth-order valence-corrected chi connectivity index (χ4v) is 2.35. The minimum Gasteiger partial charge on any atom is -0.340 e. The van der Waals surface area contributed by atoms with Gasteiger partial charge in [-0.3, -0.25) is 0 Å². The number of aromatic amines is 1. The highest BCUT2D eigenvalue weighted by Crippen LogP contribution is 2.26. The van der Waals surface area contributed by atoms with E-state index >= 15 is 0 Å². The third-order valence-electron chi connectivity index (χ3n) is 4.20. The van der Waals surface area contributed by atoms with Gasteiger partial charge in [0.1, 0.15) is 5.82 Å². The van der Waals surface area contributed by atoms with Gasteiger partial charge >= 0.3 is 0 Å². The Hall–Kier alpha value is -1.61. The van der Waals surface area contributed by atoms with Gasteiger partial charge in [-0.25, -0.2) is 4.98 Å². The van der Waals surface area contributed by atoms with Crippen LogP contribution in [0.25, 0.3) is 11.3 Å². The molecule has 0 amide bonds. The first-order valence-corrected chi connectivity index (χ1v) is 7.45. The molecule has 1 aromatic carbocycles. The first-order valence-electron chi connectivity index (χ1n) is 7.45. The maximum absolute atomic E-state index is 6.38. The van der Waals surface area contributed by atoms with Crippen molar-refractivity contribution in [2.75, 3.05) is 0 Å². The highest BCUT2D eigenvalue weighted by molar-refractivity contribution is 5.59. The van der Waals surface area contributed by atoms with E-state index in [2.05, 4.69) is 61.9 Å². The summed E-state index contributed by atoms with van der Waals surface area (Å²) < 4.78 is 0. The summed E-state index contributed by atoms with van der Waals surface area (Å²) in [5.74, 6) is 1.43. The number of aromatic nitrogens is 2. The van der Waals surface area contributed by atoms with Crippen LogP contribution in [-0.2, 0) is 5.54 Å². The third-order valence-corrected chi connectivity index (χ3v) is 4.20. The van der Waals surface area contributed by atoms with Crippen molar-refractivity contribution in [2.45, 2.75) is 52.0 Å². The molecule has 2 rings (SSSR count). The van der Waals surface area contributed by atoms with E-state index in [1.165, 1.54) is 5.56 Å². The van der Waals surface area contributed by atoms with Gasteiger partial charge < -0.3 is 10.7 Å². The Labute approximate surface area is 121 Å². The molecule has 1 aromatic heterocycles. The second kappa shape index (κ2) is 5.80. The number of rotatable bonds is 5. The Morgan fingerprint density at radius 2 is 1.75 bits per heavy atom. The van der Waals surface area contributed by atoms with Crippen LogP contribution in [0.1, 0.15) is 57.8 Å². The van der Waals surface area contributed by atoms with Crippen molar-refractivity contribution >= 4 is 0 Å². The van der Waals surface area contributed by atoms with Gasteiger partial charge in [0.05, 0.1) is 17.4 Å². The van der Waals surface area contributed by atoms with Crippen LogP contribution in [0.4, 0.5) is 0 Å². The minimum absolute atomic E-state index is 0.351. The number of hydrogen-bond donors (Lipinski definition) is 2. The summed E-state index contributed by atoms with van der Waals surface area (Å²) in [6.45, 7) is 8.61. The van der Waals surface area contributed by atoms with Crippen LogP contribution in [-0.4, -0.2) is 9.97 Å². The van der Waals surface area contributed by atoms with Gasteiger partial charge in [0.2, 0.25) is 0 Å². The van der Waals surface area contributed by atoms with Crippen molar-refractivity contribution in [3.05, 3.63) is 41.9 Å². The fourth-order valence-electron chi connectivity index (χ4n) is 2.35. The minimum atomic E-state index is -0.351. The number of imidazole rings is 1. The molecule has 3 nitrogen and oxygen atoms in total. The Morgan fingerprint density at radius 1 is 1.15 bits per heavy atom. The lowest BCUT2D eigenvalue weighted by molar-refractivity contribution is 0.391. The van der Waals surface area contributed by atoms with E-state index in [0.29, 0.717) is 5.92 Å². The lowest BCUT2D eigenvalue weighted by Gasteiger charge is -2.23. The quantitative estimate of drug-likeness (QED) is 0.857. The van der Waals surface area contributed by atoms with Gasteiger partial charge in [-0.2, -0.15) is 0 Å². The summed E-state index contributed by atoms with van der Waals surface area (Å²) in [6.07, 6.45) is 3.64. The van der Waals surface area contributed by atoms with Crippen molar-refractivity contribution in [3.63, 3.8) is 0 Å². The molecule has 20 heavy (non-hydrogen) atoms. The summed E-state index contributed by atoms with van der Waals surface area (Å²) in [6, 6.07) is 8.64. The van der Waals surface area contributed by atoms with Crippen LogP contribution in [0, 0.1) is 0 Å².